The summed E-state index contributed by atoms with van der Waals surface area (Å²) in [5.41, 5.74) is 0.667. The van der Waals surface area contributed by atoms with E-state index in [1.165, 1.54) is 4.90 Å². The molecule has 2 N–H and O–H groups in total. The van der Waals surface area contributed by atoms with E-state index < -0.39 is 17.1 Å². The second-order valence-corrected chi connectivity index (χ2v) is 5.22. The molecule has 0 bridgehead atoms. The van der Waals surface area contributed by atoms with Crippen LogP contribution < -0.4 is 10.2 Å². The molecule has 0 saturated carbocycles. The zero-order chi connectivity index (χ0) is 10.5. The van der Waals surface area contributed by atoms with Gasteiger partial charge in [0, 0.05) is 5.57 Å². The topological polar surface area (TPSA) is 86.5 Å². The molecule has 0 aromatic heterocycles. The maximum atomic E-state index is 11.2. The number of rotatable bonds is 1. The zero-order valence-electron chi connectivity index (χ0n) is 7.65. The third-order valence-corrected chi connectivity index (χ3v) is 4.32. The number of carboxylic acids is 1. The fourth-order valence-electron chi connectivity index (χ4n) is 1.79. The van der Waals surface area contributed by atoms with E-state index in [4.69, 9.17) is 5.14 Å². The van der Waals surface area contributed by atoms with Crippen LogP contribution in [-0.4, -0.2) is 27.9 Å². The van der Waals surface area contributed by atoms with Gasteiger partial charge in [-0.1, -0.05) is 0 Å². The number of β-lactam (4-membered cyclic amide) rings is 1. The summed E-state index contributed by atoms with van der Waals surface area (Å²) in [7, 11) is 0. The molecular formula is C8H10N2O3S. The molecule has 2 aliphatic heterocycles. The average Bonchev–Trinajstić information content (AvgIpc) is 2.07. The first-order valence-corrected chi connectivity index (χ1v) is 5.71. The van der Waals surface area contributed by atoms with Gasteiger partial charge in [-0.2, -0.15) is 0 Å². The second-order valence-electron chi connectivity index (χ2n) is 3.45. The lowest BCUT2D eigenvalue weighted by molar-refractivity contribution is -0.301. The van der Waals surface area contributed by atoms with Gasteiger partial charge in [-0.3, -0.25) is 9.69 Å². The molecule has 1 amide bonds. The largest absolute Gasteiger partial charge is 0.543 e. The van der Waals surface area contributed by atoms with E-state index in [-0.39, 0.29) is 17.0 Å². The Balaban J connectivity index is 2.40. The van der Waals surface area contributed by atoms with Crippen molar-refractivity contribution in [2.75, 3.05) is 5.75 Å². The molecule has 0 aromatic rings. The van der Waals surface area contributed by atoms with E-state index in [1.807, 2.05) is 0 Å². The Labute approximate surface area is 84.0 Å². The van der Waals surface area contributed by atoms with Crippen LogP contribution in [0, 0.1) is 0 Å². The number of hydrogen-bond acceptors (Lipinski definition) is 4. The lowest BCUT2D eigenvalue weighted by Crippen LogP contribution is -2.63. The van der Waals surface area contributed by atoms with Crippen LogP contribution in [0.3, 0.4) is 0 Å². The molecule has 6 heteroatoms. The number of carbonyl (C=O) groups is 2. The summed E-state index contributed by atoms with van der Waals surface area (Å²) in [6.45, 7) is 1.68. The Hall–Kier alpha value is -1.01. The van der Waals surface area contributed by atoms with Crippen LogP contribution >= 0.6 is 0 Å². The molecular weight excluding hydrogens is 204 g/mol. The summed E-state index contributed by atoms with van der Waals surface area (Å²) in [6.07, 6.45) is 0.365. The molecule has 0 radical (unpaired) electrons. The maximum Gasteiger partial charge on any atom is 0.238 e. The highest BCUT2D eigenvalue weighted by Crippen LogP contribution is 2.34. The van der Waals surface area contributed by atoms with Gasteiger partial charge in [0.2, 0.25) is 11.3 Å². The average molecular weight is 214 g/mol. The molecule has 76 valence electrons. The first kappa shape index (κ1) is 9.54. The van der Waals surface area contributed by atoms with Crippen molar-refractivity contribution >= 4 is 23.0 Å². The van der Waals surface area contributed by atoms with Gasteiger partial charge in [-0.25, -0.2) is 0 Å². The molecule has 2 atom stereocenters. The molecule has 14 heavy (non-hydrogen) atoms. The first-order chi connectivity index (χ1) is 6.52. The fourth-order valence-corrected chi connectivity index (χ4v) is 3.47. The quantitative estimate of drug-likeness (QED) is 0.407. The van der Waals surface area contributed by atoms with Gasteiger partial charge in [-0.15, -0.1) is 5.14 Å². The van der Waals surface area contributed by atoms with E-state index in [2.05, 4.69) is 0 Å². The summed E-state index contributed by atoms with van der Waals surface area (Å²) < 4.78 is 0. The number of hydrogen-bond donors (Lipinski definition) is 1. The first-order valence-electron chi connectivity index (χ1n) is 4.19. The van der Waals surface area contributed by atoms with Gasteiger partial charge in [0.05, 0.1) is 29.2 Å². The van der Waals surface area contributed by atoms with Gasteiger partial charge in [-0.05, 0) is 6.92 Å². The Morgan fingerprint density at radius 1 is 1.71 bits per heavy atom. The fraction of sp³-hybridized carbons (Fsp3) is 0.500. The number of amides is 1. The van der Waals surface area contributed by atoms with Crippen molar-refractivity contribution in [2.24, 2.45) is 5.14 Å². The Bertz CT molecular complexity index is 352. The second kappa shape index (κ2) is 2.99. The van der Waals surface area contributed by atoms with Crippen LogP contribution in [-0.2, 0) is 20.7 Å². The minimum absolute atomic E-state index is 0.0282. The molecule has 0 aromatic carbocycles. The highest BCUT2D eigenvalue weighted by atomic mass is 32.2. The molecule has 1 fully saturated rings. The number of carbonyl (C=O) groups excluding carboxylic acids is 2. The number of aliphatic carboxylic acids is 1. The number of nitrogens with two attached hydrogens (primary N) is 1. The molecule has 0 spiro atoms. The molecule has 1 unspecified atom stereocenters. The van der Waals surface area contributed by atoms with Crippen molar-refractivity contribution in [1.82, 2.24) is 4.90 Å². The van der Waals surface area contributed by atoms with Crippen molar-refractivity contribution in [3.05, 3.63) is 11.3 Å². The molecule has 2 heterocycles. The number of carboxylic acid groups (broad SMARTS) is 1. The number of nitrogens with zero attached hydrogens (tertiary/aromatic N) is 1. The van der Waals surface area contributed by atoms with Crippen LogP contribution in [0.1, 0.15) is 13.3 Å². The van der Waals surface area contributed by atoms with Crippen molar-refractivity contribution in [2.45, 2.75) is 18.7 Å². The summed E-state index contributed by atoms with van der Waals surface area (Å²) in [5, 5.41) is 16.5. The monoisotopic (exact) mass is 214 g/mol. The van der Waals surface area contributed by atoms with E-state index in [0.717, 1.165) is 0 Å². The van der Waals surface area contributed by atoms with Gasteiger partial charge >= 0.3 is 0 Å². The van der Waals surface area contributed by atoms with E-state index in [9.17, 15) is 14.7 Å². The SMILES string of the molecule is CC1=C(C(=O)[O-])N2C(=O)C[C@H]2[S+](N)C1. The van der Waals surface area contributed by atoms with Crippen LogP contribution in [0.25, 0.3) is 0 Å². The minimum Gasteiger partial charge on any atom is -0.543 e. The van der Waals surface area contributed by atoms with Crippen LogP contribution in [0.4, 0.5) is 0 Å². The van der Waals surface area contributed by atoms with Gasteiger partial charge in [0.25, 0.3) is 0 Å². The van der Waals surface area contributed by atoms with Crippen LogP contribution in [0.15, 0.2) is 11.3 Å². The maximum absolute atomic E-state index is 11.2. The van der Waals surface area contributed by atoms with Gasteiger partial charge in [0.1, 0.15) is 0 Å². The smallest absolute Gasteiger partial charge is 0.238 e. The predicted octanol–water partition coefficient (Wildman–Crippen LogP) is -1.93. The van der Waals surface area contributed by atoms with Crippen molar-refractivity contribution in [3.63, 3.8) is 0 Å². The van der Waals surface area contributed by atoms with Crippen molar-refractivity contribution in [1.29, 1.82) is 0 Å². The van der Waals surface area contributed by atoms with Crippen molar-refractivity contribution in [3.8, 4) is 0 Å². The summed E-state index contributed by atoms with van der Waals surface area (Å²) in [4.78, 5) is 23.3. The predicted molar refractivity (Wildman–Crippen MR) is 49.4 cm³/mol. The Morgan fingerprint density at radius 2 is 2.36 bits per heavy atom. The van der Waals surface area contributed by atoms with Crippen molar-refractivity contribution < 1.29 is 14.7 Å². The highest BCUT2D eigenvalue weighted by molar-refractivity contribution is 7.95. The lowest BCUT2D eigenvalue weighted by atomic mass is 10.1. The standard InChI is InChI=1S/C8H10N2O3S/c1-4-3-14(9)6-2-5(11)10(6)7(4)8(12)13/h6H,2-3,9H2,1H3/t6-,14?/m1/s1. The molecule has 1 saturated heterocycles. The zero-order valence-corrected chi connectivity index (χ0v) is 8.47. The van der Waals surface area contributed by atoms with Crippen LogP contribution in [0.2, 0.25) is 0 Å². The molecule has 5 nitrogen and oxygen atoms in total. The summed E-state index contributed by atoms with van der Waals surface area (Å²) in [6, 6.07) is 0. The molecule has 2 rings (SSSR count). The third-order valence-electron chi connectivity index (χ3n) is 2.48. The van der Waals surface area contributed by atoms with E-state index in [0.29, 0.717) is 17.7 Å². The Morgan fingerprint density at radius 3 is 2.86 bits per heavy atom. The summed E-state index contributed by atoms with van der Waals surface area (Å²) >= 11 is -0.410. The van der Waals surface area contributed by atoms with E-state index >= 15 is 0 Å². The Kier molecular flexibility index (Phi) is 2.04. The minimum atomic E-state index is -1.28. The van der Waals surface area contributed by atoms with Crippen LogP contribution in [0.5, 0.6) is 0 Å². The van der Waals surface area contributed by atoms with E-state index in [1.54, 1.807) is 6.92 Å². The lowest BCUT2D eigenvalue weighted by Gasteiger charge is -2.42. The number of fused-ring (bicyclic) bond motifs is 1. The molecule has 2 aliphatic rings. The highest BCUT2D eigenvalue weighted by Gasteiger charge is 2.52. The third kappa shape index (κ3) is 1.14. The molecule has 0 aliphatic carbocycles. The summed E-state index contributed by atoms with van der Waals surface area (Å²) in [5.74, 6) is -0.897. The van der Waals surface area contributed by atoms with Gasteiger partial charge in [0.15, 0.2) is 5.75 Å². The van der Waals surface area contributed by atoms with Gasteiger partial charge < -0.3 is 9.90 Å². The normalized spacial score (nSPS) is 31.3.